The molecule has 0 unspecified atom stereocenters. The molecule has 2 amide bonds. The Balaban J connectivity index is 1.31. The molecule has 0 saturated carbocycles. The van der Waals surface area contributed by atoms with E-state index in [1.54, 1.807) is 25.1 Å². The Morgan fingerprint density at radius 3 is 2.41 bits per heavy atom. The van der Waals surface area contributed by atoms with Crippen LogP contribution < -0.4 is 4.90 Å². The summed E-state index contributed by atoms with van der Waals surface area (Å²) in [4.78, 5) is 40.8. The van der Waals surface area contributed by atoms with Crippen molar-refractivity contribution in [1.82, 2.24) is 9.21 Å². The van der Waals surface area contributed by atoms with Crippen LogP contribution in [0.1, 0.15) is 42.1 Å². The molecule has 0 aromatic heterocycles. The van der Waals surface area contributed by atoms with E-state index >= 15 is 0 Å². The molecule has 1 saturated heterocycles. The van der Waals surface area contributed by atoms with Gasteiger partial charge in [-0.3, -0.25) is 9.59 Å². The predicted molar refractivity (Wildman–Crippen MR) is 117 cm³/mol. The first-order chi connectivity index (χ1) is 15.2. The monoisotopic (exact) mass is 461 g/mol. The summed E-state index contributed by atoms with van der Waals surface area (Å²) in [5.41, 5.74) is 2.59. The van der Waals surface area contributed by atoms with Gasteiger partial charge in [0.2, 0.25) is 10.0 Å². The highest BCUT2D eigenvalue weighted by molar-refractivity contribution is 7.88. The van der Waals surface area contributed by atoms with E-state index in [4.69, 9.17) is 4.74 Å². The largest absolute Gasteiger partial charge is 0.457 e. The molecule has 0 atom stereocenters. The van der Waals surface area contributed by atoms with E-state index in [2.05, 4.69) is 4.90 Å². The highest BCUT2D eigenvalue weighted by atomic mass is 32.2. The van der Waals surface area contributed by atoms with Crippen LogP contribution in [0.5, 0.6) is 0 Å². The van der Waals surface area contributed by atoms with Crippen LogP contribution in [-0.2, 0) is 31.0 Å². The number of unbranched alkanes of at least 4 members (excludes halogenated alkanes) is 1. The maximum atomic E-state index is 13.0. The number of carbonyl (C=O) groups excluding carboxylic acids is 3. The number of rotatable bonds is 7. The summed E-state index contributed by atoms with van der Waals surface area (Å²) in [5, 5.41) is 0. The van der Waals surface area contributed by atoms with Crippen molar-refractivity contribution in [3.63, 3.8) is 0 Å². The second-order valence-electron chi connectivity index (χ2n) is 8.43. The van der Waals surface area contributed by atoms with Crippen LogP contribution in [-0.4, -0.2) is 74.4 Å². The van der Waals surface area contributed by atoms with E-state index in [1.165, 1.54) is 15.5 Å². The lowest BCUT2D eigenvalue weighted by Gasteiger charge is -2.33. The number of nitrogens with zero attached hydrogens (tertiary/aromatic N) is 3. The smallest absolute Gasteiger partial charge is 0.338 e. The molecule has 4 rings (SSSR count). The maximum absolute atomic E-state index is 13.0. The molecular formula is C22H27N3O6S. The molecule has 172 valence electrons. The number of amides is 2. The van der Waals surface area contributed by atoms with Crippen LogP contribution in [0, 0.1) is 0 Å². The van der Waals surface area contributed by atoms with E-state index in [-0.39, 0.29) is 18.4 Å². The first kappa shape index (κ1) is 22.6. The minimum Gasteiger partial charge on any atom is -0.457 e. The number of carbonyl (C=O) groups is 3. The summed E-state index contributed by atoms with van der Waals surface area (Å²) >= 11 is 0. The zero-order valence-corrected chi connectivity index (χ0v) is 19.1. The number of ether oxygens (including phenoxy) is 1. The van der Waals surface area contributed by atoms with Crippen molar-refractivity contribution in [2.24, 2.45) is 0 Å². The van der Waals surface area contributed by atoms with E-state index in [9.17, 15) is 22.8 Å². The van der Waals surface area contributed by atoms with Crippen LogP contribution in [0.3, 0.4) is 0 Å². The van der Waals surface area contributed by atoms with Crippen molar-refractivity contribution >= 4 is 33.5 Å². The molecule has 3 heterocycles. The molecule has 3 aliphatic rings. The average Bonchev–Trinajstić information content (AvgIpc) is 3.22. The van der Waals surface area contributed by atoms with E-state index < -0.39 is 16.0 Å². The molecular weight excluding hydrogens is 434 g/mol. The SMILES string of the molecule is CC1=C(CCCCN2CCN(S(C)(=O)=O)CC2)C(=O)N(c2ccc3c(c2)COC3=O)C1=O. The third-order valence-electron chi connectivity index (χ3n) is 6.31. The number of fused-ring (bicyclic) bond motifs is 1. The number of anilines is 1. The normalized spacial score (nSPS) is 20.3. The number of esters is 1. The Morgan fingerprint density at radius 1 is 1.00 bits per heavy atom. The lowest BCUT2D eigenvalue weighted by atomic mass is 10.0. The van der Waals surface area contributed by atoms with Crippen LogP contribution >= 0.6 is 0 Å². The summed E-state index contributed by atoms with van der Waals surface area (Å²) in [7, 11) is -3.13. The maximum Gasteiger partial charge on any atom is 0.338 e. The number of hydrogen-bond acceptors (Lipinski definition) is 7. The summed E-state index contributed by atoms with van der Waals surface area (Å²) in [6.07, 6.45) is 3.37. The zero-order chi connectivity index (χ0) is 23.0. The summed E-state index contributed by atoms with van der Waals surface area (Å²) in [6, 6.07) is 4.87. The molecule has 10 heteroatoms. The van der Waals surface area contributed by atoms with Gasteiger partial charge in [0.15, 0.2) is 0 Å². The van der Waals surface area contributed by atoms with Gasteiger partial charge in [0, 0.05) is 42.9 Å². The number of cyclic esters (lactones) is 1. The average molecular weight is 462 g/mol. The van der Waals surface area contributed by atoms with E-state index in [0.29, 0.717) is 60.6 Å². The summed E-state index contributed by atoms with van der Waals surface area (Å²) < 4.78 is 29.7. The molecule has 0 bridgehead atoms. The van der Waals surface area contributed by atoms with Crippen molar-refractivity contribution in [1.29, 1.82) is 0 Å². The fourth-order valence-corrected chi connectivity index (χ4v) is 5.22. The van der Waals surface area contributed by atoms with Gasteiger partial charge in [-0.1, -0.05) is 0 Å². The number of sulfonamides is 1. The number of piperazine rings is 1. The van der Waals surface area contributed by atoms with Crippen LogP contribution in [0.25, 0.3) is 0 Å². The highest BCUT2D eigenvalue weighted by Gasteiger charge is 2.37. The number of benzene rings is 1. The third-order valence-corrected chi connectivity index (χ3v) is 7.62. The topological polar surface area (TPSA) is 104 Å². The van der Waals surface area contributed by atoms with Crippen molar-refractivity contribution in [3.05, 3.63) is 40.5 Å². The Morgan fingerprint density at radius 2 is 1.72 bits per heavy atom. The van der Waals surface area contributed by atoms with Gasteiger partial charge in [0.25, 0.3) is 11.8 Å². The lowest BCUT2D eigenvalue weighted by molar-refractivity contribution is -0.120. The minimum atomic E-state index is -3.13. The fraction of sp³-hybridized carbons (Fsp3) is 0.500. The first-order valence-electron chi connectivity index (χ1n) is 10.7. The first-order valence-corrected chi connectivity index (χ1v) is 12.6. The molecule has 1 aromatic rings. The van der Waals surface area contributed by atoms with Gasteiger partial charge in [0.1, 0.15) is 6.61 Å². The lowest BCUT2D eigenvalue weighted by Crippen LogP contribution is -2.48. The van der Waals surface area contributed by atoms with Crippen LogP contribution in [0.4, 0.5) is 5.69 Å². The van der Waals surface area contributed by atoms with Crippen molar-refractivity contribution in [2.75, 3.05) is 43.9 Å². The van der Waals surface area contributed by atoms with Gasteiger partial charge in [-0.2, -0.15) is 4.31 Å². The fourth-order valence-electron chi connectivity index (χ4n) is 4.39. The molecule has 0 radical (unpaired) electrons. The van der Waals surface area contributed by atoms with Crippen LogP contribution in [0.15, 0.2) is 29.3 Å². The quantitative estimate of drug-likeness (QED) is 0.342. The van der Waals surface area contributed by atoms with Gasteiger partial charge < -0.3 is 9.64 Å². The number of imide groups is 1. The van der Waals surface area contributed by atoms with E-state index in [0.717, 1.165) is 19.4 Å². The molecule has 1 fully saturated rings. The summed E-state index contributed by atoms with van der Waals surface area (Å²) in [6.45, 7) is 5.06. The van der Waals surface area contributed by atoms with Gasteiger partial charge in [-0.25, -0.2) is 18.1 Å². The summed E-state index contributed by atoms with van der Waals surface area (Å²) in [5.74, 6) is -1.02. The van der Waals surface area contributed by atoms with Crippen LogP contribution in [0.2, 0.25) is 0 Å². The molecule has 0 N–H and O–H groups in total. The molecule has 0 aliphatic carbocycles. The predicted octanol–water partition coefficient (Wildman–Crippen LogP) is 1.29. The molecule has 3 aliphatic heterocycles. The minimum absolute atomic E-state index is 0.149. The molecule has 9 nitrogen and oxygen atoms in total. The van der Waals surface area contributed by atoms with E-state index in [1.807, 2.05) is 0 Å². The molecule has 0 spiro atoms. The Bertz CT molecular complexity index is 1100. The van der Waals surface area contributed by atoms with Gasteiger partial charge >= 0.3 is 5.97 Å². The van der Waals surface area contributed by atoms with Gasteiger partial charge in [0.05, 0.1) is 17.5 Å². The highest BCUT2D eigenvalue weighted by Crippen LogP contribution is 2.32. The standard InChI is InChI=1S/C22H27N3O6S/c1-15-18(5-3-4-8-23-9-11-24(12-10-23)32(2,29)30)21(27)25(20(15)26)17-6-7-19-16(13-17)14-31-22(19)28/h6-7,13H,3-5,8-12,14H2,1-2H3. The zero-order valence-electron chi connectivity index (χ0n) is 18.3. The van der Waals surface area contributed by atoms with Crippen molar-refractivity contribution in [2.45, 2.75) is 32.8 Å². The Hall–Kier alpha value is -2.56. The van der Waals surface area contributed by atoms with Crippen molar-refractivity contribution < 1.29 is 27.5 Å². The van der Waals surface area contributed by atoms with Crippen molar-refractivity contribution in [3.8, 4) is 0 Å². The Kier molecular flexibility index (Phi) is 6.19. The van der Waals surface area contributed by atoms with Gasteiger partial charge in [-0.05, 0) is 50.9 Å². The molecule has 32 heavy (non-hydrogen) atoms. The Labute approximate surface area is 187 Å². The second kappa shape index (κ2) is 8.76. The third kappa shape index (κ3) is 4.35. The second-order valence-corrected chi connectivity index (χ2v) is 10.4. The number of hydrogen-bond donors (Lipinski definition) is 0. The van der Waals surface area contributed by atoms with Gasteiger partial charge in [-0.15, -0.1) is 0 Å². The molecule has 1 aromatic carbocycles.